The molecule has 0 aliphatic carbocycles. The van der Waals surface area contributed by atoms with Crippen LogP contribution in [0.25, 0.3) is 6.08 Å². The number of hydrogen-bond donors (Lipinski definition) is 1. The molecule has 108 valence electrons. The van der Waals surface area contributed by atoms with Gasteiger partial charge >= 0.3 is 5.97 Å². The van der Waals surface area contributed by atoms with Crippen LogP contribution in [-0.4, -0.2) is 23.5 Å². The summed E-state index contributed by atoms with van der Waals surface area (Å²) in [6, 6.07) is 12.2. The van der Waals surface area contributed by atoms with Gasteiger partial charge in [-0.25, -0.2) is 0 Å². The molecule has 2 rings (SSSR count). The molecule has 1 N–H and O–H groups in total. The van der Waals surface area contributed by atoms with E-state index in [-0.39, 0.29) is 0 Å². The standard InChI is InChI=1S/C16H15NO4/c1-12-7-8-14(21-12)9-10-15(18)17(11-16(19)20)13-5-3-2-4-6-13/h2-10H,11H2,1H3,(H,19,20)/b10-9+. The molecule has 0 saturated carbocycles. The van der Waals surface area contributed by atoms with Gasteiger partial charge in [0.15, 0.2) is 0 Å². The molecular formula is C16H15NO4. The normalized spacial score (nSPS) is 10.7. The van der Waals surface area contributed by atoms with E-state index in [1.165, 1.54) is 17.1 Å². The number of aryl methyl sites for hydroxylation is 1. The van der Waals surface area contributed by atoms with Crippen LogP contribution in [0.3, 0.4) is 0 Å². The molecule has 0 bridgehead atoms. The minimum absolute atomic E-state index is 0.398. The molecule has 0 aliphatic rings. The summed E-state index contributed by atoms with van der Waals surface area (Å²) in [5, 5.41) is 8.95. The Morgan fingerprint density at radius 2 is 1.90 bits per heavy atom. The van der Waals surface area contributed by atoms with Crippen molar-refractivity contribution in [1.29, 1.82) is 0 Å². The highest BCUT2D eigenvalue weighted by molar-refractivity contribution is 6.05. The van der Waals surface area contributed by atoms with Gasteiger partial charge < -0.3 is 9.52 Å². The van der Waals surface area contributed by atoms with Gasteiger partial charge in [0, 0.05) is 11.8 Å². The Balaban J connectivity index is 2.18. The van der Waals surface area contributed by atoms with Gasteiger partial charge in [-0.1, -0.05) is 18.2 Å². The van der Waals surface area contributed by atoms with E-state index in [9.17, 15) is 9.59 Å². The van der Waals surface area contributed by atoms with Gasteiger partial charge in [0.25, 0.3) is 5.91 Å². The zero-order valence-electron chi connectivity index (χ0n) is 11.5. The van der Waals surface area contributed by atoms with Crippen molar-refractivity contribution in [3.63, 3.8) is 0 Å². The number of benzene rings is 1. The molecule has 0 radical (unpaired) electrons. The number of carboxylic acids is 1. The Kier molecular flexibility index (Phi) is 4.56. The lowest BCUT2D eigenvalue weighted by Crippen LogP contribution is -2.34. The zero-order chi connectivity index (χ0) is 15.2. The molecule has 0 fully saturated rings. The number of nitrogens with zero attached hydrogens (tertiary/aromatic N) is 1. The summed E-state index contributed by atoms with van der Waals surface area (Å²) in [7, 11) is 0. The second kappa shape index (κ2) is 6.56. The number of anilines is 1. The summed E-state index contributed by atoms with van der Waals surface area (Å²) in [6.45, 7) is 1.41. The van der Waals surface area contributed by atoms with Crippen LogP contribution in [0, 0.1) is 6.92 Å². The third-order valence-corrected chi connectivity index (χ3v) is 2.78. The first kappa shape index (κ1) is 14.6. The molecule has 0 aliphatic heterocycles. The molecule has 5 nitrogen and oxygen atoms in total. The fraction of sp³-hybridized carbons (Fsp3) is 0.125. The maximum absolute atomic E-state index is 12.2. The van der Waals surface area contributed by atoms with Crippen molar-refractivity contribution in [3.8, 4) is 0 Å². The quantitative estimate of drug-likeness (QED) is 0.857. The van der Waals surface area contributed by atoms with Crippen molar-refractivity contribution in [1.82, 2.24) is 0 Å². The fourth-order valence-corrected chi connectivity index (χ4v) is 1.83. The SMILES string of the molecule is Cc1ccc(/C=C/C(=O)N(CC(=O)O)c2ccccc2)o1. The van der Waals surface area contributed by atoms with Crippen LogP contribution in [0.4, 0.5) is 5.69 Å². The highest BCUT2D eigenvalue weighted by Gasteiger charge is 2.16. The number of para-hydroxylation sites is 1. The van der Waals surface area contributed by atoms with Crippen LogP contribution >= 0.6 is 0 Å². The number of rotatable bonds is 5. The van der Waals surface area contributed by atoms with Crippen LogP contribution < -0.4 is 4.90 Å². The van der Waals surface area contributed by atoms with E-state index in [0.29, 0.717) is 11.4 Å². The largest absolute Gasteiger partial charge is 0.480 e. The third-order valence-electron chi connectivity index (χ3n) is 2.78. The lowest BCUT2D eigenvalue weighted by Gasteiger charge is -2.18. The number of carboxylic acid groups (broad SMARTS) is 1. The predicted octanol–water partition coefficient (Wildman–Crippen LogP) is 2.72. The molecule has 2 aromatic rings. The Labute approximate surface area is 122 Å². The molecular weight excluding hydrogens is 270 g/mol. The maximum atomic E-state index is 12.2. The first-order chi connectivity index (χ1) is 10.1. The molecule has 1 aromatic carbocycles. The van der Waals surface area contributed by atoms with Crippen LogP contribution in [0.1, 0.15) is 11.5 Å². The molecule has 5 heteroatoms. The number of furan rings is 1. The van der Waals surface area contributed by atoms with E-state index in [2.05, 4.69) is 0 Å². The summed E-state index contributed by atoms with van der Waals surface area (Å²) in [5.74, 6) is -0.205. The Bertz CT molecular complexity index is 658. The Hall–Kier alpha value is -2.82. The lowest BCUT2D eigenvalue weighted by atomic mass is 10.2. The van der Waals surface area contributed by atoms with Gasteiger partial charge in [0.2, 0.25) is 0 Å². The van der Waals surface area contributed by atoms with Gasteiger partial charge in [0.1, 0.15) is 18.1 Å². The highest BCUT2D eigenvalue weighted by Crippen LogP contribution is 2.14. The van der Waals surface area contributed by atoms with Crippen molar-refractivity contribution in [3.05, 3.63) is 60.1 Å². The van der Waals surface area contributed by atoms with Crippen molar-refractivity contribution >= 4 is 23.6 Å². The number of amides is 1. The average Bonchev–Trinajstić information content (AvgIpc) is 2.88. The summed E-state index contributed by atoms with van der Waals surface area (Å²) in [6.07, 6.45) is 2.82. The van der Waals surface area contributed by atoms with Crippen LogP contribution in [0.15, 0.2) is 53.0 Å². The van der Waals surface area contributed by atoms with E-state index in [0.717, 1.165) is 5.76 Å². The monoisotopic (exact) mass is 285 g/mol. The summed E-state index contributed by atoms with van der Waals surface area (Å²) in [4.78, 5) is 24.3. The van der Waals surface area contributed by atoms with Crippen LogP contribution in [0.5, 0.6) is 0 Å². The Morgan fingerprint density at radius 1 is 1.19 bits per heavy atom. The number of carbonyl (C=O) groups excluding carboxylic acids is 1. The first-order valence-corrected chi connectivity index (χ1v) is 6.39. The van der Waals surface area contributed by atoms with Crippen LogP contribution in [0.2, 0.25) is 0 Å². The predicted molar refractivity (Wildman–Crippen MR) is 78.9 cm³/mol. The van der Waals surface area contributed by atoms with Crippen molar-refractivity contribution in [2.45, 2.75) is 6.92 Å². The molecule has 21 heavy (non-hydrogen) atoms. The average molecular weight is 285 g/mol. The van der Waals surface area contributed by atoms with Crippen LogP contribution in [-0.2, 0) is 9.59 Å². The number of aliphatic carboxylic acids is 1. The van der Waals surface area contributed by atoms with Gasteiger partial charge in [-0.15, -0.1) is 0 Å². The first-order valence-electron chi connectivity index (χ1n) is 6.39. The molecule has 1 aromatic heterocycles. The molecule has 1 amide bonds. The highest BCUT2D eigenvalue weighted by atomic mass is 16.4. The molecule has 0 atom stereocenters. The number of carbonyl (C=O) groups is 2. The second-order valence-corrected chi connectivity index (χ2v) is 4.44. The molecule has 0 saturated heterocycles. The smallest absolute Gasteiger partial charge is 0.323 e. The van der Waals surface area contributed by atoms with E-state index < -0.39 is 18.4 Å². The van der Waals surface area contributed by atoms with Crippen molar-refractivity contribution in [2.75, 3.05) is 11.4 Å². The third kappa shape index (κ3) is 4.07. The van der Waals surface area contributed by atoms with Crippen molar-refractivity contribution in [2.24, 2.45) is 0 Å². The van der Waals surface area contributed by atoms with Crippen molar-refractivity contribution < 1.29 is 19.1 Å². The second-order valence-electron chi connectivity index (χ2n) is 4.44. The van der Waals surface area contributed by atoms with E-state index in [4.69, 9.17) is 9.52 Å². The van der Waals surface area contributed by atoms with E-state index >= 15 is 0 Å². The Morgan fingerprint density at radius 3 is 2.48 bits per heavy atom. The summed E-state index contributed by atoms with van der Waals surface area (Å²) in [5.41, 5.74) is 0.533. The molecule has 0 unspecified atom stereocenters. The summed E-state index contributed by atoms with van der Waals surface area (Å²) < 4.78 is 5.33. The molecule has 0 spiro atoms. The minimum atomic E-state index is -1.07. The maximum Gasteiger partial charge on any atom is 0.323 e. The zero-order valence-corrected chi connectivity index (χ0v) is 11.5. The molecule has 1 heterocycles. The topological polar surface area (TPSA) is 70.8 Å². The fourth-order valence-electron chi connectivity index (χ4n) is 1.83. The lowest BCUT2D eigenvalue weighted by molar-refractivity contribution is -0.136. The summed E-state index contributed by atoms with van der Waals surface area (Å²) >= 11 is 0. The van der Waals surface area contributed by atoms with E-state index in [1.807, 2.05) is 0 Å². The van der Waals surface area contributed by atoms with E-state index in [1.54, 1.807) is 49.4 Å². The van der Waals surface area contributed by atoms with Gasteiger partial charge in [-0.05, 0) is 37.3 Å². The van der Waals surface area contributed by atoms with Gasteiger partial charge in [-0.3, -0.25) is 14.5 Å². The van der Waals surface area contributed by atoms with Gasteiger partial charge in [-0.2, -0.15) is 0 Å². The minimum Gasteiger partial charge on any atom is -0.480 e. The van der Waals surface area contributed by atoms with Gasteiger partial charge in [0.05, 0.1) is 0 Å². The number of hydrogen-bond acceptors (Lipinski definition) is 3.